The number of ether oxygens (including phenoxy) is 3. The third-order valence-corrected chi connectivity index (χ3v) is 3.79. The Morgan fingerprint density at radius 2 is 2.12 bits per heavy atom. The zero-order chi connectivity index (χ0) is 17.4. The number of hydrogen-bond donors (Lipinski definition) is 1. The van der Waals surface area contributed by atoms with E-state index in [1.54, 1.807) is 12.1 Å². The number of fused-ring (bicyclic) bond motifs is 1. The van der Waals surface area contributed by atoms with Crippen molar-refractivity contribution in [3.63, 3.8) is 0 Å². The molecule has 0 saturated carbocycles. The fourth-order valence-electron chi connectivity index (χ4n) is 2.43. The first-order chi connectivity index (χ1) is 11.6. The van der Waals surface area contributed by atoms with Crippen LogP contribution in [-0.2, 0) is 32.3 Å². The van der Waals surface area contributed by atoms with Crippen LogP contribution in [0.1, 0.15) is 43.7 Å². The molecule has 0 unspecified atom stereocenters. The van der Waals surface area contributed by atoms with Crippen molar-refractivity contribution in [3.8, 4) is 5.75 Å². The molecule has 0 bridgehead atoms. The maximum atomic E-state index is 11.8. The number of benzene rings is 1. The van der Waals surface area contributed by atoms with Gasteiger partial charge in [-0.3, -0.25) is 9.59 Å². The van der Waals surface area contributed by atoms with Gasteiger partial charge in [0.1, 0.15) is 12.4 Å². The number of amides is 1. The summed E-state index contributed by atoms with van der Waals surface area (Å²) in [5.74, 6) is 0.399. The third-order valence-electron chi connectivity index (χ3n) is 3.57. The maximum Gasteiger partial charge on any atom is 0.306 e. The molecule has 0 radical (unpaired) electrons. The molecule has 1 N–H and O–H groups in total. The fourth-order valence-corrected chi connectivity index (χ4v) is 2.69. The minimum atomic E-state index is -0.254. The molecule has 0 saturated heterocycles. The van der Waals surface area contributed by atoms with Crippen LogP contribution in [0, 0.1) is 0 Å². The van der Waals surface area contributed by atoms with Gasteiger partial charge in [0, 0.05) is 36.0 Å². The van der Waals surface area contributed by atoms with Crippen molar-refractivity contribution < 1.29 is 23.8 Å². The highest BCUT2D eigenvalue weighted by molar-refractivity contribution is 6.30. The van der Waals surface area contributed by atoms with Gasteiger partial charge in [-0.15, -0.1) is 0 Å². The van der Waals surface area contributed by atoms with Crippen molar-refractivity contribution in [2.75, 3.05) is 13.3 Å². The van der Waals surface area contributed by atoms with Gasteiger partial charge in [-0.05, 0) is 25.0 Å². The summed E-state index contributed by atoms with van der Waals surface area (Å²) < 4.78 is 16.0. The zero-order valence-corrected chi connectivity index (χ0v) is 14.5. The number of esters is 1. The summed E-state index contributed by atoms with van der Waals surface area (Å²) in [4.78, 5) is 22.5. The van der Waals surface area contributed by atoms with E-state index in [4.69, 9.17) is 25.8 Å². The molecule has 7 heteroatoms. The molecule has 0 fully saturated rings. The molecule has 6 nitrogen and oxygen atoms in total. The Kier molecular flexibility index (Phi) is 7.34. The molecule has 2 rings (SSSR count). The lowest BCUT2D eigenvalue weighted by atomic mass is 10.1. The standard InChI is InChI=1S/C17H22ClNO5/c1-12(20)19-6-4-2-3-5-16(21)23-10-14-8-15(18)7-13-9-22-11-24-17(13)14/h7-8H,2-6,9-11H2,1H3,(H,19,20). The average molecular weight is 356 g/mol. The molecule has 1 heterocycles. The minimum absolute atomic E-state index is 0.0353. The number of carbonyl (C=O) groups is 2. The molecular weight excluding hydrogens is 334 g/mol. The third kappa shape index (κ3) is 6.02. The van der Waals surface area contributed by atoms with Crippen molar-refractivity contribution in [1.82, 2.24) is 5.32 Å². The Labute approximate surface area is 146 Å². The molecule has 1 aliphatic rings. The lowest BCUT2D eigenvalue weighted by Gasteiger charge is -2.21. The van der Waals surface area contributed by atoms with Gasteiger partial charge in [-0.2, -0.15) is 0 Å². The number of rotatable bonds is 8. The van der Waals surface area contributed by atoms with Crippen LogP contribution >= 0.6 is 11.6 Å². The van der Waals surface area contributed by atoms with Gasteiger partial charge in [-0.25, -0.2) is 0 Å². The SMILES string of the molecule is CC(=O)NCCCCCC(=O)OCc1cc(Cl)cc2c1OCOC2. The van der Waals surface area contributed by atoms with E-state index in [1.165, 1.54) is 6.92 Å². The van der Waals surface area contributed by atoms with Crippen LogP contribution in [0.3, 0.4) is 0 Å². The second kappa shape index (κ2) is 9.49. The molecule has 0 aliphatic carbocycles. The zero-order valence-electron chi connectivity index (χ0n) is 13.7. The molecular formula is C17H22ClNO5. The Morgan fingerprint density at radius 3 is 2.92 bits per heavy atom. The number of unbranched alkanes of at least 4 members (excludes halogenated alkanes) is 2. The van der Waals surface area contributed by atoms with Crippen LogP contribution in [-0.4, -0.2) is 25.2 Å². The van der Waals surface area contributed by atoms with Gasteiger partial charge in [0.05, 0.1) is 6.61 Å². The second-order valence-corrected chi connectivity index (χ2v) is 6.05. The molecule has 0 aromatic heterocycles. The van der Waals surface area contributed by atoms with E-state index >= 15 is 0 Å². The molecule has 1 aromatic rings. The van der Waals surface area contributed by atoms with Crippen molar-refractivity contribution in [3.05, 3.63) is 28.3 Å². The Bertz CT molecular complexity index is 591. The topological polar surface area (TPSA) is 73.9 Å². The molecule has 0 atom stereocenters. The van der Waals surface area contributed by atoms with E-state index in [9.17, 15) is 9.59 Å². The summed E-state index contributed by atoms with van der Waals surface area (Å²) in [6.07, 6.45) is 2.80. The van der Waals surface area contributed by atoms with Crippen molar-refractivity contribution in [2.45, 2.75) is 45.8 Å². The summed E-state index contributed by atoms with van der Waals surface area (Å²) in [5, 5.41) is 3.28. The van der Waals surface area contributed by atoms with E-state index in [0.29, 0.717) is 30.3 Å². The molecule has 1 amide bonds. The lowest BCUT2D eigenvalue weighted by molar-refractivity contribution is -0.145. The quantitative estimate of drug-likeness (QED) is 0.573. The maximum absolute atomic E-state index is 11.8. The number of hydrogen-bond acceptors (Lipinski definition) is 5. The van der Waals surface area contributed by atoms with E-state index in [1.807, 2.05) is 0 Å². The summed E-state index contributed by atoms with van der Waals surface area (Å²) in [7, 11) is 0. The minimum Gasteiger partial charge on any atom is -0.467 e. The van der Waals surface area contributed by atoms with Crippen molar-refractivity contribution in [2.24, 2.45) is 0 Å². The average Bonchev–Trinajstić information content (AvgIpc) is 2.55. The van der Waals surface area contributed by atoms with Gasteiger partial charge >= 0.3 is 5.97 Å². The largest absolute Gasteiger partial charge is 0.467 e. The Hall–Kier alpha value is -1.79. The van der Waals surface area contributed by atoms with Crippen molar-refractivity contribution in [1.29, 1.82) is 0 Å². The lowest BCUT2D eigenvalue weighted by Crippen LogP contribution is -2.20. The summed E-state index contributed by atoms with van der Waals surface area (Å²) in [6.45, 7) is 2.88. The van der Waals surface area contributed by atoms with E-state index in [-0.39, 0.29) is 25.3 Å². The Balaban J connectivity index is 1.72. The van der Waals surface area contributed by atoms with Gasteiger partial charge in [0.25, 0.3) is 0 Å². The van der Waals surface area contributed by atoms with Gasteiger partial charge < -0.3 is 19.5 Å². The summed E-state index contributed by atoms with van der Waals surface area (Å²) >= 11 is 6.07. The fraction of sp³-hybridized carbons (Fsp3) is 0.529. The highest BCUT2D eigenvalue weighted by Gasteiger charge is 2.17. The van der Waals surface area contributed by atoms with Gasteiger partial charge in [-0.1, -0.05) is 18.0 Å². The molecule has 24 heavy (non-hydrogen) atoms. The predicted molar refractivity (Wildman–Crippen MR) is 88.7 cm³/mol. The van der Waals surface area contributed by atoms with Crippen LogP contribution in [0.15, 0.2) is 12.1 Å². The molecule has 1 aromatic carbocycles. The van der Waals surface area contributed by atoms with Crippen LogP contribution in [0.25, 0.3) is 0 Å². The molecule has 1 aliphatic heterocycles. The normalized spacial score (nSPS) is 12.9. The molecule has 0 spiro atoms. The Morgan fingerprint density at radius 1 is 1.29 bits per heavy atom. The van der Waals surface area contributed by atoms with Gasteiger partial charge in [0.2, 0.25) is 5.91 Å². The highest BCUT2D eigenvalue weighted by atomic mass is 35.5. The highest BCUT2D eigenvalue weighted by Crippen LogP contribution is 2.32. The monoisotopic (exact) mass is 355 g/mol. The molecule has 132 valence electrons. The van der Waals surface area contributed by atoms with E-state index in [2.05, 4.69) is 5.32 Å². The van der Waals surface area contributed by atoms with Crippen LogP contribution in [0.5, 0.6) is 5.75 Å². The van der Waals surface area contributed by atoms with E-state index in [0.717, 1.165) is 30.4 Å². The van der Waals surface area contributed by atoms with Crippen LogP contribution in [0.2, 0.25) is 5.02 Å². The first kappa shape index (κ1) is 18.5. The predicted octanol–water partition coefficient (Wildman–Crippen LogP) is 2.95. The first-order valence-corrected chi connectivity index (χ1v) is 8.36. The number of carbonyl (C=O) groups excluding carboxylic acids is 2. The number of nitrogens with one attached hydrogen (secondary N) is 1. The first-order valence-electron chi connectivity index (χ1n) is 7.98. The smallest absolute Gasteiger partial charge is 0.306 e. The summed E-state index contributed by atoms with van der Waals surface area (Å²) in [5.41, 5.74) is 1.61. The van der Waals surface area contributed by atoms with Crippen LogP contribution < -0.4 is 10.1 Å². The van der Waals surface area contributed by atoms with Gasteiger partial charge in [0.15, 0.2) is 6.79 Å². The second-order valence-electron chi connectivity index (χ2n) is 5.62. The summed E-state index contributed by atoms with van der Waals surface area (Å²) in [6, 6.07) is 3.53. The number of halogens is 1. The van der Waals surface area contributed by atoms with Crippen LogP contribution in [0.4, 0.5) is 0 Å². The van der Waals surface area contributed by atoms with E-state index < -0.39 is 0 Å². The van der Waals surface area contributed by atoms with Crippen molar-refractivity contribution >= 4 is 23.5 Å².